The van der Waals surface area contributed by atoms with E-state index in [1.54, 1.807) is 43.3 Å². The Bertz CT molecular complexity index is 938. The van der Waals surface area contributed by atoms with E-state index < -0.39 is 0 Å². The molecule has 6 nitrogen and oxygen atoms in total. The van der Waals surface area contributed by atoms with Gasteiger partial charge in [-0.05, 0) is 36.8 Å². The van der Waals surface area contributed by atoms with Gasteiger partial charge < -0.3 is 14.8 Å². The Labute approximate surface area is 166 Å². The molecule has 0 spiro atoms. The maximum Gasteiger partial charge on any atom is 0.232 e. The van der Waals surface area contributed by atoms with E-state index in [1.165, 1.54) is 0 Å². The fourth-order valence-corrected chi connectivity index (χ4v) is 2.96. The number of nitrogens with zero attached hydrogens (tertiary/aromatic N) is 2. The number of methoxy groups -OCH3 is 2. The van der Waals surface area contributed by atoms with Crippen LogP contribution >= 0.6 is 15.9 Å². The monoisotopic (exact) mass is 429 g/mol. The number of hydrogen-bond acceptors (Lipinski definition) is 4. The molecule has 0 aliphatic rings. The topological polar surface area (TPSA) is 65.4 Å². The van der Waals surface area contributed by atoms with Crippen molar-refractivity contribution in [2.45, 2.75) is 12.8 Å². The van der Waals surface area contributed by atoms with Crippen molar-refractivity contribution in [3.05, 3.63) is 64.8 Å². The smallest absolute Gasteiger partial charge is 0.232 e. The van der Waals surface area contributed by atoms with Gasteiger partial charge in [0.2, 0.25) is 5.91 Å². The predicted octanol–water partition coefficient (Wildman–Crippen LogP) is 4.39. The quantitative estimate of drug-likeness (QED) is 0.630. The van der Waals surface area contributed by atoms with Crippen LogP contribution in [0.5, 0.6) is 11.5 Å². The highest BCUT2D eigenvalue weighted by molar-refractivity contribution is 9.10. The number of carbonyl (C=O) groups is 1. The molecule has 0 radical (unpaired) electrons. The molecule has 27 heavy (non-hydrogen) atoms. The summed E-state index contributed by atoms with van der Waals surface area (Å²) < 4.78 is 13.2. The molecule has 1 aromatic heterocycles. The van der Waals surface area contributed by atoms with Crippen LogP contribution in [0.25, 0.3) is 5.69 Å². The number of amides is 1. The third kappa shape index (κ3) is 4.14. The first-order valence-corrected chi connectivity index (χ1v) is 9.15. The van der Waals surface area contributed by atoms with Gasteiger partial charge in [0, 0.05) is 16.6 Å². The number of ether oxygens (including phenoxy) is 2. The Balaban J connectivity index is 1.83. The van der Waals surface area contributed by atoms with E-state index in [0.717, 1.165) is 15.7 Å². The van der Waals surface area contributed by atoms with Crippen LogP contribution < -0.4 is 14.8 Å². The van der Waals surface area contributed by atoms with Gasteiger partial charge in [0.15, 0.2) is 11.5 Å². The fourth-order valence-electron chi connectivity index (χ4n) is 2.70. The normalized spacial score (nSPS) is 11.7. The van der Waals surface area contributed by atoms with E-state index >= 15 is 0 Å². The second kappa shape index (κ2) is 8.26. The second-order valence-electron chi connectivity index (χ2n) is 5.93. The molecule has 0 fully saturated rings. The third-order valence-corrected chi connectivity index (χ3v) is 4.80. The predicted molar refractivity (Wildman–Crippen MR) is 108 cm³/mol. The van der Waals surface area contributed by atoms with Crippen LogP contribution in [0.15, 0.2) is 59.2 Å². The van der Waals surface area contributed by atoms with Crippen LogP contribution in [0.3, 0.4) is 0 Å². The average Bonchev–Trinajstić information content (AvgIpc) is 3.15. The summed E-state index contributed by atoms with van der Waals surface area (Å²) in [7, 11) is 3.16. The van der Waals surface area contributed by atoms with Crippen molar-refractivity contribution in [2.75, 3.05) is 19.5 Å². The molecule has 1 amide bonds. The van der Waals surface area contributed by atoms with Crippen molar-refractivity contribution in [1.29, 1.82) is 0 Å². The van der Waals surface area contributed by atoms with Gasteiger partial charge in [0.25, 0.3) is 0 Å². The SMILES string of the molecule is COc1ccc(-n2nccc2NC(=O)C(C)c2ccc(Br)cc2)cc1OC. The van der Waals surface area contributed by atoms with Gasteiger partial charge >= 0.3 is 0 Å². The molecule has 1 unspecified atom stereocenters. The van der Waals surface area contributed by atoms with Crippen molar-refractivity contribution in [2.24, 2.45) is 0 Å². The number of carbonyl (C=O) groups excluding carboxylic acids is 1. The molecule has 0 aliphatic heterocycles. The minimum absolute atomic E-state index is 0.112. The van der Waals surface area contributed by atoms with Crippen LogP contribution in [-0.4, -0.2) is 29.9 Å². The van der Waals surface area contributed by atoms with Gasteiger partial charge in [-0.3, -0.25) is 4.79 Å². The lowest BCUT2D eigenvalue weighted by molar-refractivity contribution is -0.117. The minimum atomic E-state index is -0.299. The van der Waals surface area contributed by atoms with Gasteiger partial charge in [0.05, 0.1) is 32.0 Å². The molecule has 3 rings (SSSR count). The van der Waals surface area contributed by atoms with Crippen molar-refractivity contribution in [1.82, 2.24) is 9.78 Å². The molecule has 0 aliphatic carbocycles. The number of nitrogens with one attached hydrogen (secondary N) is 1. The first kappa shape index (κ1) is 19.0. The molecular formula is C20H20BrN3O3. The summed E-state index contributed by atoms with van der Waals surface area (Å²) in [6.45, 7) is 1.87. The number of hydrogen-bond donors (Lipinski definition) is 1. The largest absolute Gasteiger partial charge is 0.493 e. The summed E-state index contributed by atoms with van der Waals surface area (Å²) in [6.07, 6.45) is 1.64. The maximum absolute atomic E-state index is 12.7. The zero-order valence-corrected chi connectivity index (χ0v) is 16.9. The molecule has 0 saturated heterocycles. The Hall–Kier alpha value is -2.80. The van der Waals surface area contributed by atoms with Crippen LogP contribution in [0, 0.1) is 0 Å². The molecule has 2 aromatic carbocycles. The molecule has 7 heteroatoms. The number of benzene rings is 2. The lowest BCUT2D eigenvalue weighted by Crippen LogP contribution is -2.20. The zero-order chi connectivity index (χ0) is 19.4. The molecule has 3 aromatic rings. The summed E-state index contributed by atoms with van der Waals surface area (Å²) in [4.78, 5) is 12.7. The van der Waals surface area contributed by atoms with E-state index in [1.807, 2.05) is 37.3 Å². The van der Waals surface area contributed by atoms with Crippen LogP contribution in [0.1, 0.15) is 18.4 Å². The first-order chi connectivity index (χ1) is 13.0. The van der Waals surface area contributed by atoms with Crippen molar-refractivity contribution >= 4 is 27.7 Å². The van der Waals surface area contributed by atoms with Crippen molar-refractivity contribution < 1.29 is 14.3 Å². The van der Waals surface area contributed by atoms with E-state index in [-0.39, 0.29) is 11.8 Å². The number of rotatable bonds is 6. The number of aromatic nitrogens is 2. The van der Waals surface area contributed by atoms with E-state index in [9.17, 15) is 4.79 Å². The Morgan fingerprint density at radius 1 is 1.07 bits per heavy atom. The highest BCUT2D eigenvalue weighted by Gasteiger charge is 2.18. The lowest BCUT2D eigenvalue weighted by Gasteiger charge is -2.15. The van der Waals surface area contributed by atoms with Gasteiger partial charge in [-0.25, -0.2) is 4.68 Å². The van der Waals surface area contributed by atoms with Crippen molar-refractivity contribution in [3.63, 3.8) is 0 Å². The highest BCUT2D eigenvalue weighted by Crippen LogP contribution is 2.30. The zero-order valence-electron chi connectivity index (χ0n) is 15.3. The summed E-state index contributed by atoms with van der Waals surface area (Å²) in [5.74, 6) is 1.39. The van der Waals surface area contributed by atoms with Gasteiger partial charge in [0.1, 0.15) is 5.82 Å². The van der Waals surface area contributed by atoms with E-state index in [4.69, 9.17) is 9.47 Å². The molecule has 1 heterocycles. The van der Waals surface area contributed by atoms with Gasteiger partial charge in [-0.15, -0.1) is 0 Å². The standard InChI is InChI=1S/C20H20BrN3O3/c1-13(14-4-6-15(21)7-5-14)20(25)23-19-10-11-22-24(19)16-8-9-17(26-2)18(12-16)27-3/h4-13H,1-3H3,(H,23,25). The van der Waals surface area contributed by atoms with E-state index in [0.29, 0.717) is 17.3 Å². The minimum Gasteiger partial charge on any atom is -0.493 e. The van der Waals surface area contributed by atoms with E-state index in [2.05, 4.69) is 26.3 Å². The molecule has 0 saturated carbocycles. The third-order valence-electron chi connectivity index (χ3n) is 4.27. The number of anilines is 1. The molecule has 0 bridgehead atoms. The molecule has 140 valence electrons. The van der Waals surface area contributed by atoms with Crippen molar-refractivity contribution in [3.8, 4) is 17.2 Å². The van der Waals surface area contributed by atoms with Gasteiger partial charge in [-0.1, -0.05) is 28.1 Å². The average molecular weight is 430 g/mol. The van der Waals surface area contributed by atoms with Crippen LogP contribution in [0.4, 0.5) is 5.82 Å². The van der Waals surface area contributed by atoms with Crippen LogP contribution in [0.2, 0.25) is 0 Å². The fraction of sp³-hybridized carbons (Fsp3) is 0.200. The van der Waals surface area contributed by atoms with Gasteiger partial charge in [-0.2, -0.15) is 5.10 Å². The summed E-state index contributed by atoms with van der Waals surface area (Å²) in [5, 5.41) is 7.26. The molecule has 1 N–H and O–H groups in total. The Kier molecular flexibility index (Phi) is 5.81. The van der Waals surface area contributed by atoms with Crippen LogP contribution in [-0.2, 0) is 4.79 Å². The highest BCUT2D eigenvalue weighted by atomic mass is 79.9. The Morgan fingerprint density at radius 2 is 1.78 bits per heavy atom. The maximum atomic E-state index is 12.7. The summed E-state index contributed by atoms with van der Waals surface area (Å²) >= 11 is 3.41. The summed E-state index contributed by atoms with van der Waals surface area (Å²) in [5.41, 5.74) is 1.69. The lowest BCUT2D eigenvalue weighted by atomic mass is 10.0. The molecular weight excluding hydrogens is 410 g/mol. The molecule has 1 atom stereocenters. The second-order valence-corrected chi connectivity index (χ2v) is 6.85. The first-order valence-electron chi connectivity index (χ1n) is 8.36. The summed E-state index contributed by atoms with van der Waals surface area (Å²) in [6, 6.07) is 14.9. The Morgan fingerprint density at radius 3 is 2.44 bits per heavy atom. The number of halogens is 1.